The van der Waals surface area contributed by atoms with Crippen LogP contribution in [0, 0.1) is 6.92 Å². The maximum atomic E-state index is 12.1. The van der Waals surface area contributed by atoms with Crippen LogP contribution in [0.1, 0.15) is 29.8 Å². The van der Waals surface area contributed by atoms with Crippen molar-refractivity contribution >= 4 is 17.3 Å². The highest BCUT2D eigenvalue weighted by Crippen LogP contribution is 2.23. The molecule has 1 aromatic heterocycles. The molecule has 0 saturated carbocycles. The molecule has 4 heteroatoms. The first-order valence-corrected chi connectivity index (χ1v) is 7.22. The molecule has 4 nitrogen and oxygen atoms in total. The standard InChI is InChI=1S/C17H21N3O/c1-4-20(5-2)15-6-7-16(13(3)12-15)19-17(21)14-8-10-18-11-9-14/h6-12H,4-5H2,1-3H3,(H,19,21). The Hall–Kier alpha value is -2.36. The molecule has 0 spiro atoms. The van der Waals surface area contributed by atoms with Crippen LogP contribution in [0.4, 0.5) is 11.4 Å². The van der Waals surface area contributed by atoms with Crippen LogP contribution in [0.25, 0.3) is 0 Å². The number of hydrogen-bond donors (Lipinski definition) is 1. The van der Waals surface area contributed by atoms with Crippen LogP contribution in [0.15, 0.2) is 42.7 Å². The van der Waals surface area contributed by atoms with E-state index in [-0.39, 0.29) is 5.91 Å². The van der Waals surface area contributed by atoms with Crippen molar-refractivity contribution in [1.29, 1.82) is 0 Å². The molecule has 1 N–H and O–H groups in total. The van der Waals surface area contributed by atoms with Gasteiger partial charge >= 0.3 is 0 Å². The number of aryl methyl sites for hydroxylation is 1. The summed E-state index contributed by atoms with van der Waals surface area (Å²) in [5, 5.41) is 2.94. The highest BCUT2D eigenvalue weighted by molar-refractivity contribution is 6.04. The molecule has 1 amide bonds. The molecule has 21 heavy (non-hydrogen) atoms. The third-order valence-electron chi connectivity index (χ3n) is 3.53. The maximum absolute atomic E-state index is 12.1. The van der Waals surface area contributed by atoms with Gasteiger partial charge in [-0.3, -0.25) is 9.78 Å². The summed E-state index contributed by atoms with van der Waals surface area (Å²) in [4.78, 5) is 18.3. The van der Waals surface area contributed by atoms with Gasteiger partial charge in [0.15, 0.2) is 0 Å². The molecular weight excluding hydrogens is 262 g/mol. The van der Waals surface area contributed by atoms with E-state index in [9.17, 15) is 4.79 Å². The first-order valence-electron chi connectivity index (χ1n) is 7.22. The Bertz CT molecular complexity index is 607. The number of nitrogens with one attached hydrogen (secondary N) is 1. The second-order valence-corrected chi connectivity index (χ2v) is 4.86. The Kier molecular flexibility index (Phi) is 4.93. The van der Waals surface area contributed by atoms with E-state index < -0.39 is 0 Å². The number of carbonyl (C=O) groups is 1. The highest BCUT2D eigenvalue weighted by atomic mass is 16.1. The Labute approximate surface area is 125 Å². The van der Waals surface area contributed by atoms with Crippen LogP contribution < -0.4 is 10.2 Å². The van der Waals surface area contributed by atoms with Crippen LogP contribution in [-0.4, -0.2) is 24.0 Å². The van der Waals surface area contributed by atoms with Crippen LogP contribution in [0.5, 0.6) is 0 Å². The average molecular weight is 283 g/mol. The van der Waals surface area contributed by atoms with Crippen molar-refractivity contribution in [2.24, 2.45) is 0 Å². The van der Waals surface area contributed by atoms with Gasteiger partial charge in [0.2, 0.25) is 0 Å². The minimum atomic E-state index is -0.115. The van der Waals surface area contributed by atoms with Gasteiger partial charge in [0, 0.05) is 42.4 Å². The lowest BCUT2D eigenvalue weighted by molar-refractivity contribution is 0.102. The van der Waals surface area contributed by atoms with E-state index in [2.05, 4.69) is 35.1 Å². The van der Waals surface area contributed by atoms with Crippen LogP contribution in [0.3, 0.4) is 0 Å². The third-order valence-corrected chi connectivity index (χ3v) is 3.53. The van der Waals surface area contributed by atoms with Gasteiger partial charge in [0.05, 0.1) is 0 Å². The fraction of sp³-hybridized carbons (Fsp3) is 0.294. The summed E-state index contributed by atoms with van der Waals surface area (Å²) >= 11 is 0. The molecule has 0 unspecified atom stereocenters. The van der Waals surface area contributed by atoms with Crippen molar-refractivity contribution in [2.75, 3.05) is 23.3 Å². The second kappa shape index (κ2) is 6.88. The third kappa shape index (κ3) is 3.60. The molecule has 0 fully saturated rings. The number of anilines is 2. The molecule has 2 rings (SSSR count). The highest BCUT2D eigenvalue weighted by Gasteiger charge is 2.09. The van der Waals surface area contributed by atoms with Crippen molar-refractivity contribution in [3.05, 3.63) is 53.9 Å². The maximum Gasteiger partial charge on any atom is 0.255 e. The predicted molar refractivity (Wildman–Crippen MR) is 86.9 cm³/mol. The smallest absolute Gasteiger partial charge is 0.255 e. The predicted octanol–water partition coefficient (Wildman–Crippen LogP) is 3.49. The molecule has 1 aromatic carbocycles. The van der Waals surface area contributed by atoms with Gasteiger partial charge in [-0.25, -0.2) is 0 Å². The summed E-state index contributed by atoms with van der Waals surface area (Å²) < 4.78 is 0. The first-order chi connectivity index (χ1) is 10.2. The molecule has 0 saturated heterocycles. The van der Waals surface area contributed by atoms with E-state index >= 15 is 0 Å². The van der Waals surface area contributed by atoms with Crippen molar-refractivity contribution in [2.45, 2.75) is 20.8 Å². The molecule has 110 valence electrons. The molecule has 0 radical (unpaired) electrons. The lowest BCUT2D eigenvalue weighted by Crippen LogP contribution is -2.22. The number of amides is 1. The molecule has 0 bridgehead atoms. The summed E-state index contributed by atoms with van der Waals surface area (Å²) in [5.41, 5.74) is 3.69. The van der Waals surface area contributed by atoms with Crippen molar-refractivity contribution in [1.82, 2.24) is 4.98 Å². The van der Waals surface area contributed by atoms with Crippen molar-refractivity contribution in [3.8, 4) is 0 Å². The van der Waals surface area contributed by atoms with Crippen LogP contribution in [-0.2, 0) is 0 Å². The van der Waals surface area contributed by atoms with Crippen LogP contribution in [0.2, 0.25) is 0 Å². The lowest BCUT2D eigenvalue weighted by Gasteiger charge is -2.22. The number of carbonyl (C=O) groups excluding carboxylic acids is 1. The summed E-state index contributed by atoms with van der Waals surface area (Å²) in [5.74, 6) is -0.115. The zero-order valence-corrected chi connectivity index (χ0v) is 12.8. The van der Waals surface area contributed by atoms with E-state index in [0.717, 1.165) is 24.3 Å². The minimum Gasteiger partial charge on any atom is -0.372 e. The SMILES string of the molecule is CCN(CC)c1ccc(NC(=O)c2ccncc2)c(C)c1. The summed E-state index contributed by atoms with van der Waals surface area (Å²) in [6.45, 7) is 8.22. The Morgan fingerprint density at radius 1 is 1.14 bits per heavy atom. The van der Waals surface area contributed by atoms with Gasteiger partial charge in [0.1, 0.15) is 0 Å². The van der Waals surface area contributed by atoms with E-state index in [1.165, 1.54) is 5.69 Å². The van der Waals surface area contributed by atoms with Crippen LogP contribution >= 0.6 is 0 Å². The molecule has 0 aliphatic heterocycles. The fourth-order valence-electron chi connectivity index (χ4n) is 2.27. The number of nitrogens with zero attached hydrogens (tertiary/aromatic N) is 2. The van der Waals surface area contributed by atoms with E-state index in [0.29, 0.717) is 5.56 Å². The number of aromatic nitrogens is 1. The largest absolute Gasteiger partial charge is 0.372 e. The van der Waals surface area contributed by atoms with Gasteiger partial charge in [-0.05, 0) is 56.7 Å². The number of pyridine rings is 1. The van der Waals surface area contributed by atoms with Gasteiger partial charge in [-0.15, -0.1) is 0 Å². The molecular formula is C17H21N3O. The molecule has 0 atom stereocenters. The van der Waals surface area contributed by atoms with E-state index in [1.54, 1.807) is 24.5 Å². The monoisotopic (exact) mass is 283 g/mol. The number of hydrogen-bond acceptors (Lipinski definition) is 3. The minimum absolute atomic E-state index is 0.115. The van der Waals surface area contributed by atoms with E-state index in [4.69, 9.17) is 0 Å². The summed E-state index contributed by atoms with van der Waals surface area (Å²) in [7, 11) is 0. The number of rotatable bonds is 5. The Balaban J connectivity index is 2.16. The van der Waals surface area contributed by atoms with Crippen molar-refractivity contribution < 1.29 is 4.79 Å². The summed E-state index contributed by atoms with van der Waals surface area (Å²) in [6.07, 6.45) is 3.23. The first kappa shape index (κ1) is 15.0. The zero-order chi connectivity index (χ0) is 15.2. The Morgan fingerprint density at radius 2 is 1.81 bits per heavy atom. The summed E-state index contributed by atoms with van der Waals surface area (Å²) in [6, 6.07) is 9.52. The van der Waals surface area contributed by atoms with Gasteiger partial charge < -0.3 is 10.2 Å². The lowest BCUT2D eigenvalue weighted by atomic mass is 10.1. The topological polar surface area (TPSA) is 45.2 Å². The molecule has 1 heterocycles. The van der Waals surface area contributed by atoms with Gasteiger partial charge in [-0.2, -0.15) is 0 Å². The molecule has 2 aromatic rings. The average Bonchev–Trinajstić information content (AvgIpc) is 2.52. The quantitative estimate of drug-likeness (QED) is 0.913. The second-order valence-electron chi connectivity index (χ2n) is 4.86. The van der Waals surface area contributed by atoms with Gasteiger partial charge in [-0.1, -0.05) is 0 Å². The molecule has 0 aliphatic carbocycles. The molecule has 0 aliphatic rings. The fourth-order valence-corrected chi connectivity index (χ4v) is 2.27. The van der Waals surface area contributed by atoms with Gasteiger partial charge in [0.25, 0.3) is 5.91 Å². The zero-order valence-electron chi connectivity index (χ0n) is 12.8. The number of benzene rings is 1. The normalized spacial score (nSPS) is 10.2. The Morgan fingerprint density at radius 3 is 2.38 bits per heavy atom. The van der Waals surface area contributed by atoms with E-state index in [1.807, 2.05) is 19.1 Å². The van der Waals surface area contributed by atoms with Crippen molar-refractivity contribution in [3.63, 3.8) is 0 Å².